The topological polar surface area (TPSA) is 63.1 Å². The van der Waals surface area contributed by atoms with Gasteiger partial charge in [0.25, 0.3) is 0 Å². The fourth-order valence-electron chi connectivity index (χ4n) is 2.99. The van der Waals surface area contributed by atoms with Gasteiger partial charge < -0.3 is 10.2 Å². The molecule has 1 aromatic carbocycles. The maximum absolute atomic E-state index is 12.8. The van der Waals surface area contributed by atoms with E-state index in [4.69, 9.17) is 0 Å². The van der Waals surface area contributed by atoms with Crippen molar-refractivity contribution in [3.63, 3.8) is 0 Å². The van der Waals surface area contributed by atoms with Crippen LogP contribution in [0.5, 0.6) is 0 Å². The van der Waals surface area contributed by atoms with E-state index in [1.54, 1.807) is 18.6 Å². The van der Waals surface area contributed by atoms with Crippen molar-refractivity contribution < 1.29 is 4.79 Å². The number of pyridine rings is 1. The fourth-order valence-corrected chi connectivity index (χ4v) is 2.99. The largest absolute Gasteiger partial charge is 0.322 e. The second kappa shape index (κ2) is 7.00. The number of urea groups is 1. The number of nitrogens with zero attached hydrogens (tertiary/aromatic N) is 4. The highest BCUT2D eigenvalue weighted by Gasteiger charge is 2.32. The minimum absolute atomic E-state index is 0.0707. The van der Waals surface area contributed by atoms with E-state index >= 15 is 0 Å². The molecule has 1 aliphatic rings. The van der Waals surface area contributed by atoms with Crippen molar-refractivity contribution in [3.05, 3.63) is 72.3 Å². The minimum atomic E-state index is -0.0707. The maximum atomic E-state index is 12.8. The zero-order valence-electron chi connectivity index (χ0n) is 14.7. The highest BCUT2D eigenvalue weighted by molar-refractivity contribution is 5.90. The molecule has 1 aliphatic carbocycles. The van der Waals surface area contributed by atoms with E-state index in [-0.39, 0.29) is 6.03 Å². The Morgan fingerprint density at radius 2 is 2.00 bits per heavy atom. The van der Waals surface area contributed by atoms with Crippen LogP contribution in [0.4, 0.5) is 10.5 Å². The average Bonchev–Trinajstić information content (AvgIpc) is 3.41. The van der Waals surface area contributed by atoms with Crippen molar-refractivity contribution in [2.45, 2.75) is 32.4 Å². The molecule has 132 valence electrons. The Labute approximate surface area is 152 Å². The smallest absolute Gasteiger partial charge is 0.317 e. The van der Waals surface area contributed by atoms with Crippen LogP contribution in [0.3, 0.4) is 0 Å². The van der Waals surface area contributed by atoms with Gasteiger partial charge in [-0.1, -0.05) is 6.07 Å². The van der Waals surface area contributed by atoms with Crippen molar-refractivity contribution in [1.82, 2.24) is 19.7 Å². The van der Waals surface area contributed by atoms with Gasteiger partial charge in [0.2, 0.25) is 0 Å². The van der Waals surface area contributed by atoms with Crippen LogP contribution in [0.25, 0.3) is 5.69 Å². The second-order valence-electron chi connectivity index (χ2n) is 6.58. The molecule has 0 unspecified atom stereocenters. The van der Waals surface area contributed by atoms with Gasteiger partial charge in [-0.3, -0.25) is 4.98 Å². The highest BCUT2D eigenvalue weighted by Crippen LogP contribution is 2.29. The van der Waals surface area contributed by atoms with E-state index < -0.39 is 0 Å². The molecule has 1 N–H and O–H groups in total. The SMILES string of the molecule is Cc1ccnn1-c1cccc(NC(=O)N(Cc2ccncc2)C2CC2)c1. The first kappa shape index (κ1) is 16.3. The quantitative estimate of drug-likeness (QED) is 0.764. The van der Waals surface area contributed by atoms with E-state index in [2.05, 4.69) is 15.4 Å². The molecule has 0 spiro atoms. The van der Waals surface area contributed by atoms with Crippen LogP contribution in [0.1, 0.15) is 24.1 Å². The van der Waals surface area contributed by atoms with E-state index in [1.165, 1.54) is 0 Å². The summed E-state index contributed by atoms with van der Waals surface area (Å²) in [5.74, 6) is 0. The number of aromatic nitrogens is 3. The van der Waals surface area contributed by atoms with Crippen molar-refractivity contribution >= 4 is 11.7 Å². The van der Waals surface area contributed by atoms with Gasteiger partial charge in [-0.2, -0.15) is 5.10 Å². The summed E-state index contributed by atoms with van der Waals surface area (Å²) in [7, 11) is 0. The monoisotopic (exact) mass is 347 g/mol. The van der Waals surface area contributed by atoms with Gasteiger partial charge in [-0.15, -0.1) is 0 Å². The summed E-state index contributed by atoms with van der Waals surface area (Å²) in [6.07, 6.45) is 7.41. The molecule has 1 fully saturated rings. The Kier molecular flexibility index (Phi) is 4.39. The van der Waals surface area contributed by atoms with E-state index in [0.29, 0.717) is 12.6 Å². The summed E-state index contributed by atoms with van der Waals surface area (Å²) in [6, 6.07) is 13.8. The molecule has 2 heterocycles. The van der Waals surface area contributed by atoms with Gasteiger partial charge in [0.05, 0.1) is 5.69 Å². The van der Waals surface area contributed by atoms with Crippen molar-refractivity contribution in [3.8, 4) is 5.69 Å². The molecule has 2 amide bonds. The molecule has 6 heteroatoms. The van der Waals surface area contributed by atoms with E-state index in [1.807, 2.05) is 59.0 Å². The molecular weight excluding hydrogens is 326 g/mol. The Morgan fingerprint density at radius 1 is 1.19 bits per heavy atom. The predicted octanol–water partition coefficient (Wildman–Crippen LogP) is 3.77. The number of nitrogens with one attached hydrogen (secondary N) is 1. The first-order valence-electron chi connectivity index (χ1n) is 8.78. The molecule has 0 atom stereocenters. The predicted molar refractivity (Wildman–Crippen MR) is 100 cm³/mol. The summed E-state index contributed by atoms with van der Waals surface area (Å²) in [5.41, 5.74) is 3.83. The lowest BCUT2D eigenvalue weighted by atomic mass is 10.2. The first-order valence-corrected chi connectivity index (χ1v) is 8.78. The van der Waals surface area contributed by atoms with Crippen LogP contribution in [0.2, 0.25) is 0 Å². The van der Waals surface area contributed by atoms with Gasteiger partial charge in [-0.25, -0.2) is 9.48 Å². The normalized spacial score (nSPS) is 13.4. The molecule has 2 aromatic heterocycles. The van der Waals surface area contributed by atoms with E-state index in [0.717, 1.165) is 35.5 Å². The third-order valence-corrected chi connectivity index (χ3v) is 4.52. The Bertz CT molecular complexity index is 901. The van der Waals surface area contributed by atoms with Crippen molar-refractivity contribution in [2.24, 2.45) is 0 Å². The van der Waals surface area contributed by atoms with Gasteiger partial charge in [0.1, 0.15) is 0 Å². The van der Waals surface area contributed by atoms with Crippen LogP contribution < -0.4 is 5.32 Å². The second-order valence-corrected chi connectivity index (χ2v) is 6.58. The molecular formula is C20H21N5O. The molecule has 0 aliphatic heterocycles. The van der Waals surface area contributed by atoms with Crippen molar-refractivity contribution in [2.75, 3.05) is 5.32 Å². The number of aryl methyl sites for hydroxylation is 1. The lowest BCUT2D eigenvalue weighted by molar-refractivity contribution is 0.206. The number of rotatable bonds is 5. The molecule has 0 saturated heterocycles. The number of hydrogen-bond donors (Lipinski definition) is 1. The molecule has 3 aromatic rings. The number of anilines is 1. The van der Waals surface area contributed by atoms with Gasteiger partial charge in [0.15, 0.2) is 0 Å². The molecule has 0 bridgehead atoms. The van der Waals surface area contributed by atoms with Gasteiger partial charge in [-0.05, 0) is 61.7 Å². The van der Waals surface area contributed by atoms with Crippen molar-refractivity contribution in [1.29, 1.82) is 0 Å². The third kappa shape index (κ3) is 3.59. The average molecular weight is 347 g/mol. The Balaban J connectivity index is 1.50. The Hall–Kier alpha value is -3.15. The molecule has 4 rings (SSSR count). The lowest BCUT2D eigenvalue weighted by Gasteiger charge is -2.23. The summed E-state index contributed by atoms with van der Waals surface area (Å²) in [5, 5.41) is 7.36. The lowest BCUT2D eigenvalue weighted by Crippen LogP contribution is -2.36. The number of benzene rings is 1. The fraction of sp³-hybridized carbons (Fsp3) is 0.250. The third-order valence-electron chi connectivity index (χ3n) is 4.52. The summed E-state index contributed by atoms with van der Waals surface area (Å²) in [6.45, 7) is 2.60. The number of carbonyl (C=O) groups is 1. The zero-order chi connectivity index (χ0) is 17.9. The highest BCUT2D eigenvalue weighted by atomic mass is 16.2. The number of carbonyl (C=O) groups excluding carboxylic acids is 1. The minimum Gasteiger partial charge on any atom is -0.317 e. The van der Waals surface area contributed by atoms with Gasteiger partial charge in [0, 0.05) is 42.6 Å². The standard InChI is InChI=1S/C20H21N5O/c1-15-7-12-22-25(15)19-4-2-3-17(13-19)23-20(26)24(18-5-6-18)14-16-8-10-21-11-9-16/h2-4,7-13,18H,5-6,14H2,1H3,(H,23,26). The number of hydrogen-bond acceptors (Lipinski definition) is 3. The number of amides is 2. The van der Waals surface area contributed by atoms with Gasteiger partial charge >= 0.3 is 6.03 Å². The van der Waals surface area contributed by atoms with Crippen LogP contribution >= 0.6 is 0 Å². The van der Waals surface area contributed by atoms with E-state index in [9.17, 15) is 4.79 Å². The molecule has 6 nitrogen and oxygen atoms in total. The Morgan fingerprint density at radius 3 is 2.69 bits per heavy atom. The van der Waals surface area contributed by atoms with Crippen LogP contribution in [-0.4, -0.2) is 31.7 Å². The van der Waals surface area contributed by atoms with Crippen LogP contribution in [-0.2, 0) is 6.54 Å². The summed E-state index contributed by atoms with van der Waals surface area (Å²) >= 11 is 0. The molecule has 26 heavy (non-hydrogen) atoms. The van der Waals surface area contributed by atoms with Crippen LogP contribution in [0.15, 0.2) is 61.1 Å². The molecule has 0 radical (unpaired) electrons. The summed E-state index contributed by atoms with van der Waals surface area (Å²) < 4.78 is 1.85. The zero-order valence-corrected chi connectivity index (χ0v) is 14.7. The first-order chi connectivity index (χ1) is 12.7. The maximum Gasteiger partial charge on any atom is 0.322 e. The van der Waals surface area contributed by atoms with Crippen LogP contribution in [0, 0.1) is 6.92 Å². The summed E-state index contributed by atoms with van der Waals surface area (Å²) in [4.78, 5) is 18.8. The molecule has 1 saturated carbocycles.